The van der Waals surface area contributed by atoms with Gasteiger partial charge in [0.15, 0.2) is 5.78 Å². The Morgan fingerprint density at radius 1 is 0.971 bits per heavy atom. The molecule has 0 unspecified atom stereocenters. The number of alkyl halides is 3. The number of aromatic nitrogens is 3. The number of hydrogen-bond acceptors (Lipinski definition) is 6. The Bertz CT molecular complexity index is 1360. The number of carbonyl (C=O) groups is 1. The first-order valence-electron chi connectivity index (χ1n) is 10.6. The Hall–Kier alpha value is -4.08. The van der Waals surface area contributed by atoms with Gasteiger partial charge in [-0.1, -0.05) is 0 Å². The number of ketones is 1. The maximum Gasteiger partial charge on any atom is 0.389 e. The second-order valence-corrected chi connectivity index (χ2v) is 7.64. The standard InChI is InChI=1S/C25H22F3N3O4/c1-33-20-11-16(12-21(34-2)23(20)19(32)6-8-25(26,27)28)18-14-30-22-13-15(7-10-31(18)22)17-5-4-9-29-24(17)35-3/h4-5,7,9-14H,6,8H2,1-3H3. The van der Waals surface area contributed by atoms with Crippen LogP contribution in [0.4, 0.5) is 13.2 Å². The third kappa shape index (κ3) is 4.91. The van der Waals surface area contributed by atoms with Crippen LogP contribution in [0.1, 0.15) is 23.2 Å². The van der Waals surface area contributed by atoms with E-state index < -0.39 is 24.8 Å². The molecule has 0 aliphatic heterocycles. The zero-order chi connectivity index (χ0) is 25.2. The number of Topliss-reactive ketones (excluding diaryl/α,β-unsaturated/α-hetero) is 1. The lowest BCUT2D eigenvalue weighted by atomic mass is 10.0. The van der Waals surface area contributed by atoms with Crippen molar-refractivity contribution in [2.24, 2.45) is 0 Å². The number of methoxy groups -OCH3 is 3. The molecule has 0 saturated heterocycles. The molecular formula is C25H22F3N3O4. The summed E-state index contributed by atoms with van der Waals surface area (Å²) >= 11 is 0. The number of nitrogens with zero attached hydrogens (tertiary/aromatic N) is 3. The molecule has 0 aliphatic carbocycles. The fraction of sp³-hybridized carbons (Fsp3) is 0.240. The fourth-order valence-electron chi connectivity index (χ4n) is 3.85. The smallest absolute Gasteiger partial charge is 0.389 e. The van der Waals surface area contributed by atoms with Crippen molar-refractivity contribution >= 4 is 11.4 Å². The third-order valence-corrected chi connectivity index (χ3v) is 5.50. The van der Waals surface area contributed by atoms with Gasteiger partial charge in [0.05, 0.1) is 39.6 Å². The molecule has 0 spiro atoms. The van der Waals surface area contributed by atoms with Crippen molar-refractivity contribution in [3.8, 4) is 39.8 Å². The van der Waals surface area contributed by atoms with E-state index in [0.717, 1.165) is 11.1 Å². The summed E-state index contributed by atoms with van der Waals surface area (Å²) in [7, 11) is 4.25. The van der Waals surface area contributed by atoms with E-state index in [2.05, 4.69) is 9.97 Å². The molecule has 4 rings (SSSR count). The van der Waals surface area contributed by atoms with Crippen LogP contribution in [-0.4, -0.2) is 47.7 Å². The molecule has 10 heteroatoms. The Morgan fingerprint density at radius 2 is 1.69 bits per heavy atom. The van der Waals surface area contributed by atoms with E-state index in [1.54, 1.807) is 31.6 Å². The van der Waals surface area contributed by atoms with Crippen molar-refractivity contribution in [3.63, 3.8) is 0 Å². The SMILES string of the molecule is COc1cc(-c2cnc3cc(-c4cccnc4OC)ccn23)cc(OC)c1C(=O)CCC(F)(F)F. The third-order valence-electron chi connectivity index (χ3n) is 5.50. The quantitative estimate of drug-likeness (QED) is 0.302. The van der Waals surface area contributed by atoms with Gasteiger partial charge in [0.25, 0.3) is 0 Å². The van der Waals surface area contributed by atoms with Crippen LogP contribution in [0.5, 0.6) is 17.4 Å². The van der Waals surface area contributed by atoms with Crippen LogP contribution < -0.4 is 14.2 Å². The molecule has 0 saturated carbocycles. The molecule has 3 heterocycles. The first-order chi connectivity index (χ1) is 16.8. The minimum Gasteiger partial charge on any atom is -0.496 e. The van der Waals surface area contributed by atoms with Gasteiger partial charge in [0, 0.05) is 29.9 Å². The van der Waals surface area contributed by atoms with Gasteiger partial charge in [-0.05, 0) is 42.0 Å². The van der Waals surface area contributed by atoms with Crippen molar-refractivity contribution < 1.29 is 32.2 Å². The Kier molecular flexibility index (Phi) is 6.63. The number of carbonyl (C=O) groups excluding carboxylic acids is 1. The van der Waals surface area contributed by atoms with E-state index in [0.29, 0.717) is 22.8 Å². The highest BCUT2D eigenvalue weighted by Gasteiger charge is 2.30. The number of benzene rings is 1. The van der Waals surface area contributed by atoms with Gasteiger partial charge < -0.3 is 14.2 Å². The van der Waals surface area contributed by atoms with Gasteiger partial charge >= 0.3 is 6.18 Å². The molecule has 1 aromatic carbocycles. The molecule has 3 aromatic heterocycles. The average Bonchev–Trinajstić information content (AvgIpc) is 3.29. The van der Waals surface area contributed by atoms with E-state index in [4.69, 9.17) is 14.2 Å². The number of ether oxygens (including phenoxy) is 3. The van der Waals surface area contributed by atoms with Crippen LogP contribution in [0.3, 0.4) is 0 Å². The zero-order valence-corrected chi connectivity index (χ0v) is 19.2. The van der Waals surface area contributed by atoms with Crippen molar-refractivity contribution in [1.82, 2.24) is 14.4 Å². The average molecular weight is 485 g/mol. The first-order valence-corrected chi connectivity index (χ1v) is 10.6. The van der Waals surface area contributed by atoms with Gasteiger partial charge in [0.2, 0.25) is 5.88 Å². The highest BCUT2D eigenvalue weighted by atomic mass is 19.4. The summed E-state index contributed by atoms with van der Waals surface area (Å²) in [6.45, 7) is 0. The minimum absolute atomic E-state index is 0.0252. The van der Waals surface area contributed by atoms with Gasteiger partial charge in [-0.25, -0.2) is 9.97 Å². The Labute approximate surface area is 199 Å². The summed E-state index contributed by atoms with van der Waals surface area (Å²) in [6, 6.07) is 10.7. The topological polar surface area (TPSA) is 75.0 Å². The lowest BCUT2D eigenvalue weighted by Crippen LogP contribution is -2.12. The fourth-order valence-corrected chi connectivity index (χ4v) is 3.85. The van der Waals surface area contributed by atoms with Crippen LogP contribution in [-0.2, 0) is 0 Å². The summed E-state index contributed by atoms with van der Waals surface area (Å²) in [4.78, 5) is 21.3. The van der Waals surface area contributed by atoms with E-state index in [9.17, 15) is 18.0 Å². The molecule has 0 fully saturated rings. The second kappa shape index (κ2) is 9.65. The van der Waals surface area contributed by atoms with Crippen molar-refractivity contribution in [3.05, 3.63) is 60.6 Å². The van der Waals surface area contributed by atoms with Crippen molar-refractivity contribution in [1.29, 1.82) is 0 Å². The van der Waals surface area contributed by atoms with Gasteiger partial charge in [-0.3, -0.25) is 9.20 Å². The van der Waals surface area contributed by atoms with Crippen LogP contribution in [0.15, 0.2) is 55.0 Å². The van der Waals surface area contributed by atoms with E-state index in [1.165, 1.54) is 14.2 Å². The monoisotopic (exact) mass is 485 g/mol. The maximum absolute atomic E-state index is 12.6. The summed E-state index contributed by atoms with van der Waals surface area (Å²) < 4.78 is 55.8. The number of pyridine rings is 2. The summed E-state index contributed by atoms with van der Waals surface area (Å²) in [5.74, 6) is 0.0241. The summed E-state index contributed by atoms with van der Waals surface area (Å²) in [5.41, 5.74) is 3.59. The molecule has 0 aliphatic rings. The molecule has 0 atom stereocenters. The van der Waals surface area contributed by atoms with Crippen molar-refractivity contribution in [2.45, 2.75) is 19.0 Å². The Morgan fingerprint density at radius 3 is 2.31 bits per heavy atom. The van der Waals surface area contributed by atoms with Crippen molar-refractivity contribution in [2.75, 3.05) is 21.3 Å². The molecule has 0 radical (unpaired) electrons. The maximum atomic E-state index is 12.6. The van der Waals surface area contributed by atoms with Gasteiger partial charge in [0.1, 0.15) is 22.7 Å². The lowest BCUT2D eigenvalue weighted by Gasteiger charge is -2.15. The normalized spacial score (nSPS) is 11.5. The molecule has 4 aromatic rings. The first kappa shape index (κ1) is 24.1. The number of rotatable bonds is 8. The van der Waals surface area contributed by atoms with Gasteiger partial charge in [-0.2, -0.15) is 13.2 Å². The van der Waals surface area contributed by atoms with Gasteiger partial charge in [-0.15, -0.1) is 0 Å². The van der Waals surface area contributed by atoms with Crippen LogP contribution in [0, 0.1) is 0 Å². The lowest BCUT2D eigenvalue weighted by molar-refractivity contribution is -0.133. The number of halogens is 3. The van der Waals surface area contributed by atoms with Crippen LogP contribution >= 0.6 is 0 Å². The predicted octanol–water partition coefficient (Wildman–Crippen LogP) is 5.61. The molecule has 7 nitrogen and oxygen atoms in total. The predicted molar refractivity (Wildman–Crippen MR) is 123 cm³/mol. The molecule has 35 heavy (non-hydrogen) atoms. The minimum atomic E-state index is -4.44. The van der Waals surface area contributed by atoms with E-state index >= 15 is 0 Å². The molecule has 0 amide bonds. The highest BCUT2D eigenvalue weighted by Crippen LogP contribution is 2.37. The summed E-state index contributed by atoms with van der Waals surface area (Å²) in [5, 5.41) is 0. The number of fused-ring (bicyclic) bond motifs is 1. The highest BCUT2D eigenvalue weighted by molar-refractivity contribution is 6.02. The van der Waals surface area contributed by atoms with Crippen LogP contribution in [0.25, 0.3) is 28.0 Å². The Balaban J connectivity index is 1.75. The number of imidazole rings is 1. The van der Waals surface area contributed by atoms with Crippen LogP contribution in [0.2, 0.25) is 0 Å². The molecule has 0 N–H and O–H groups in total. The van der Waals surface area contributed by atoms with E-state index in [-0.39, 0.29) is 17.1 Å². The van der Waals surface area contributed by atoms with E-state index in [1.807, 2.05) is 34.9 Å². The molecule has 0 bridgehead atoms. The zero-order valence-electron chi connectivity index (χ0n) is 19.2. The molecule has 182 valence electrons. The second-order valence-electron chi connectivity index (χ2n) is 7.64. The largest absolute Gasteiger partial charge is 0.496 e. The molecular weight excluding hydrogens is 463 g/mol. The number of hydrogen-bond donors (Lipinski definition) is 0. The summed E-state index contributed by atoms with van der Waals surface area (Å²) in [6.07, 6.45) is -1.24.